The predicted octanol–water partition coefficient (Wildman–Crippen LogP) is 1.38. The van der Waals surface area contributed by atoms with Crippen molar-refractivity contribution in [2.45, 2.75) is 24.3 Å². The van der Waals surface area contributed by atoms with Crippen LogP contribution in [-0.4, -0.2) is 36.4 Å². The van der Waals surface area contributed by atoms with Crippen LogP contribution >= 0.6 is 0 Å². The number of carbonyl (C=O) groups is 2. The van der Waals surface area contributed by atoms with E-state index in [4.69, 9.17) is 0 Å². The molecule has 0 saturated carbocycles. The van der Waals surface area contributed by atoms with Crippen molar-refractivity contribution in [3.63, 3.8) is 0 Å². The quantitative estimate of drug-likeness (QED) is 0.607. The Hall–Kier alpha value is -1.81. The minimum absolute atomic E-state index is 0.125. The maximum atomic E-state index is 13.4. The molecule has 0 spiro atoms. The zero-order chi connectivity index (χ0) is 15.1. The second-order valence-corrected chi connectivity index (χ2v) is 9.67. The average Bonchev–Trinajstić information content (AvgIpc) is 2.77. The van der Waals surface area contributed by atoms with Gasteiger partial charge in [-0.15, -0.1) is 0 Å². The number of benzene rings is 1. The van der Waals surface area contributed by atoms with E-state index < -0.39 is 14.7 Å². The molecule has 108 valence electrons. The van der Waals surface area contributed by atoms with Crippen molar-refractivity contribution in [2.24, 2.45) is 0 Å². The fourth-order valence-electron chi connectivity index (χ4n) is 2.31. The number of aromatic nitrogens is 2. The molecule has 0 N–H and O–H groups in total. The molecular formula is C14H13AsFN3O2. The standard InChI is InChI=1S/C14H13AsFN3O2/c1-15(2)13-9-7-8(16)3-4-10(9)17-14(18-13)19-11(20)5-6-12(19)21/h3-4,7H,5-6H2,1-2H3. The summed E-state index contributed by atoms with van der Waals surface area (Å²) in [5.41, 5.74) is 4.70. The maximum absolute atomic E-state index is 13.4. The van der Waals surface area contributed by atoms with Gasteiger partial charge in [0.15, 0.2) is 0 Å². The van der Waals surface area contributed by atoms with E-state index in [2.05, 4.69) is 21.4 Å². The summed E-state index contributed by atoms with van der Waals surface area (Å²) in [6.07, 6.45) is 0.386. The van der Waals surface area contributed by atoms with Crippen LogP contribution < -0.4 is 9.38 Å². The van der Waals surface area contributed by atoms with Crippen LogP contribution in [0.15, 0.2) is 18.2 Å². The predicted molar refractivity (Wildman–Crippen MR) is 78.3 cm³/mol. The molecule has 1 aromatic heterocycles. The normalized spacial score (nSPS) is 15.5. The number of amides is 2. The summed E-state index contributed by atoms with van der Waals surface area (Å²) in [6, 6.07) is 4.29. The van der Waals surface area contributed by atoms with Gasteiger partial charge in [-0.2, -0.15) is 0 Å². The number of nitrogens with zero attached hydrogens (tertiary/aromatic N) is 3. The molecule has 0 radical (unpaired) electrons. The zero-order valence-electron chi connectivity index (χ0n) is 11.6. The van der Waals surface area contributed by atoms with Crippen LogP contribution in [0.2, 0.25) is 11.4 Å². The summed E-state index contributed by atoms with van der Waals surface area (Å²) in [5.74, 6) is -0.777. The Morgan fingerprint density at radius 1 is 1.14 bits per heavy atom. The molecule has 0 bridgehead atoms. The van der Waals surface area contributed by atoms with Crippen molar-refractivity contribution in [1.29, 1.82) is 0 Å². The number of carbonyl (C=O) groups excluding carboxylic acids is 2. The van der Waals surface area contributed by atoms with E-state index in [-0.39, 0.29) is 36.4 Å². The van der Waals surface area contributed by atoms with Crippen LogP contribution in [-0.2, 0) is 9.59 Å². The second kappa shape index (κ2) is 5.19. The molecule has 2 heterocycles. The molecule has 0 aliphatic carbocycles. The van der Waals surface area contributed by atoms with Crippen molar-refractivity contribution < 1.29 is 14.0 Å². The first-order valence-electron chi connectivity index (χ1n) is 6.48. The molecule has 2 aromatic rings. The van der Waals surface area contributed by atoms with Crippen molar-refractivity contribution in [3.8, 4) is 0 Å². The summed E-state index contributed by atoms with van der Waals surface area (Å²) >= 11 is -1.45. The van der Waals surface area contributed by atoms with Gasteiger partial charge in [-0.05, 0) is 0 Å². The molecule has 1 fully saturated rings. The third-order valence-electron chi connectivity index (χ3n) is 3.30. The number of hydrogen-bond donors (Lipinski definition) is 0. The Morgan fingerprint density at radius 3 is 2.43 bits per heavy atom. The first-order valence-corrected chi connectivity index (χ1v) is 11.2. The Morgan fingerprint density at radius 2 is 1.81 bits per heavy atom. The van der Waals surface area contributed by atoms with E-state index >= 15 is 0 Å². The van der Waals surface area contributed by atoms with Crippen LogP contribution in [0.4, 0.5) is 10.3 Å². The van der Waals surface area contributed by atoms with Crippen molar-refractivity contribution in [1.82, 2.24) is 9.97 Å². The molecule has 7 heteroatoms. The summed E-state index contributed by atoms with van der Waals surface area (Å²) in [4.78, 5) is 33.4. The van der Waals surface area contributed by atoms with Gasteiger partial charge in [-0.25, -0.2) is 0 Å². The third kappa shape index (κ3) is 2.44. The number of rotatable bonds is 2. The summed E-state index contributed by atoms with van der Waals surface area (Å²) in [6.45, 7) is 0. The number of hydrogen-bond acceptors (Lipinski definition) is 4. The Kier molecular flexibility index (Phi) is 3.49. The van der Waals surface area contributed by atoms with E-state index in [1.54, 1.807) is 6.07 Å². The van der Waals surface area contributed by atoms with Crippen LogP contribution in [0.5, 0.6) is 0 Å². The topological polar surface area (TPSA) is 63.2 Å². The molecule has 3 rings (SSSR count). The van der Waals surface area contributed by atoms with E-state index in [0.717, 1.165) is 9.38 Å². The van der Waals surface area contributed by atoms with Gasteiger partial charge in [0.25, 0.3) is 0 Å². The van der Waals surface area contributed by atoms with Gasteiger partial charge in [0.05, 0.1) is 0 Å². The van der Waals surface area contributed by atoms with Gasteiger partial charge >= 0.3 is 125 Å². The van der Waals surface area contributed by atoms with E-state index in [0.29, 0.717) is 10.9 Å². The number of imide groups is 1. The Bertz CT molecular complexity index is 747. The number of halogens is 1. The molecule has 1 saturated heterocycles. The molecule has 1 aliphatic rings. The van der Waals surface area contributed by atoms with Crippen molar-refractivity contribution >= 4 is 47.8 Å². The zero-order valence-corrected chi connectivity index (χ0v) is 13.5. The van der Waals surface area contributed by atoms with Gasteiger partial charge in [-0.3, -0.25) is 0 Å². The third-order valence-corrected chi connectivity index (χ3v) is 5.79. The fraction of sp³-hybridized carbons (Fsp3) is 0.286. The second-order valence-electron chi connectivity index (χ2n) is 5.03. The molecule has 5 nitrogen and oxygen atoms in total. The molecule has 0 atom stereocenters. The molecular weight excluding hydrogens is 336 g/mol. The molecule has 1 aliphatic heterocycles. The van der Waals surface area contributed by atoms with Gasteiger partial charge in [0.1, 0.15) is 0 Å². The van der Waals surface area contributed by atoms with Crippen molar-refractivity contribution in [3.05, 3.63) is 24.0 Å². The van der Waals surface area contributed by atoms with Crippen LogP contribution in [0.1, 0.15) is 12.8 Å². The Labute approximate surface area is 125 Å². The summed E-state index contributed by atoms with van der Waals surface area (Å²) in [7, 11) is 0. The molecule has 21 heavy (non-hydrogen) atoms. The van der Waals surface area contributed by atoms with E-state index in [1.165, 1.54) is 12.1 Å². The fourth-order valence-corrected chi connectivity index (χ4v) is 4.31. The van der Waals surface area contributed by atoms with Crippen molar-refractivity contribution in [2.75, 3.05) is 4.90 Å². The summed E-state index contributed by atoms with van der Waals surface area (Å²) in [5, 5.41) is 0.669. The van der Waals surface area contributed by atoms with Crippen LogP contribution in [0.25, 0.3) is 10.9 Å². The van der Waals surface area contributed by atoms with Gasteiger partial charge < -0.3 is 0 Å². The number of fused-ring (bicyclic) bond motifs is 1. The monoisotopic (exact) mass is 349 g/mol. The number of anilines is 1. The SMILES string of the molecule is C[As](C)c1nc(N2C(=O)CCC2=O)nc2ccc(F)cc12. The van der Waals surface area contributed by atoms with Gasteiger partial charge in [0.2, 0.25) is 0 Å². The first-order chi connectivity index (χ1) is 9.97. The molecule has 0 unspecified atom stereocenters. The minimum atomic E-state index is -1.45. The van der Waals surface area contributed by atoms with Gasteiger partial charge in [-0.1, -0.05) is 0 Å². The van der Waals surface area contributed by atoms with Crippen LogP contribution in [0, 0.1) is 5.82 Å². The Balaban J connectivity index is 2.24. The molecule has 1 aromatic carbocycles. The average molecular weight is 349 g/mol. The van der Waals surface area contributed by atoms with Crippen LogP contribution in [0.3, 0.4) is 0 Å². The van der Waals surface area contributed by atoms with E-state index in [9.17, 15) is 14.0 Å². The first kappa shape index (κ1) is 14.1. The van der Waals surface area contributed by atoms with Gasteiger partial charge in [0, 0.05) is 0 Å². The van der Waals surface area contributed by atoms with E-state index in [1.807, 2.05) is 0 Å². The molecule has 2 amide bonds. The summed E-state index contributed by atoms with van der Waals surface area (Å²) < 4.78 is 14.2.